The average molecular weight is 395 g/mol. The Hall–Kier alpha value is -1.73. The van der Waals surface area contributed by atoms with Crippen LogP contribution >= 0.6 is 12.4 Å². The van der Waals surface area contributed by atoms with Gasteiger partial charge in [0.25, 0.3) is 0 Å². The summed E-state index contributed by atoms with van der Waals surface area (Å²) in [5.74, 6) is 0.805. The number of amides is 1. The zero-order chi connectivity index (χ0) is 17.6. The van der Waals surface area contributed by atoms with Crippen LogP contribution in [0.4, 0.5) is 5.69 Å². The van der Waals surface area contributed by atoms with E-state index in [-0.39, 0.29) is 24.4 Å². The number of halogens is 1. The third-order valence-corrected chi connectivity index (χ3v) is 5.43. The van der Waals surface area contributed by atoms with Crippen molar-refractivity contribution in [2.45, 2.75) is 30.1 Å². The number of carbonyl (C=O) groups is 1. The van der Waals surface area contributed by atoms with Crippen molar-refractivity contribution in [2.75, 3.05) is 11.9 Å². The van der Waals surface area contributed by atoms with E-state index < -0.39 is 16.9 Å². The van der Waals surface area contributed by atoms with Gasteiger partial charge in [0.2, 0.25) is 5.91 Å². The van der Waals surface area contributed by atoms with E-state index in [4.69, 9.17) is 0 Å². The number of aliphatic hydroxyl groups is 1. The molecule has 1 aliphatic heterocycles. The summed E-state index contributed by atoms with van der Waals surface area (Å²) >= 11 is 0. The topological polar surface area (TPSA) is 78.4 Å². The molecule has 3 unspecified atom stereocenters. The van der Waals surface area contributed by atoms with Crippen LogP contribution in [0.25, 0.3) is 0 Å². The number of carbonyl (C=O) groups excluding carboxylic acids is 1. The van der Waals surface area contributed by atoms with Crippen LogP contribution in [0.1, 0.15) is 17.5 Å². The molecular formula is C19H23ClN2O3S. The predicted molar refractivity (Wildman–Crippen MR) is 107 cm³/mol. The quantitative estimate of drug-likeness (QED) is 0.702. The molecule has 1 aliphatic rings. The molecule has 1 amide bonds. The van der Waals surface area contributed by atoms with Crippen molar-refractivity contribution in [2.24, 2.45) is 0 Å². The Morgan fingerprint density at radius 1 is 1.12 bits per heavy atom. The minimum Gasteiger partial charge on any atom is -0.392 e. The molecular weight excluding hydrogens is 372 g/mol. The molecule has 5 nitrogen and oxygen atoms in total. The first-order valence-electron chi connectivity index (χ1n) is 8.30. The van der Waals surface area contributed by atoms with Gasteiger partial charge >= 0.3 is 0 Å². The maximum absolute atomic E-state index is 12.3. The van der Waals surface area contributed by atoms with Gasteiger partial charge in [-0.3, -0.25) is 9.00 Å². The number of rotatable bonds is 6. The van der Waals surface area contributed by atoms with Gasteiger partial charge in [-0.1, -0.05) is 42.5 Å². The maximum atomic E-state index is 12.3. The van der Waals surface area contributed by atoms with Crippen LogP contribution in [-0.4, -0.2) is 33.9 Å². The fourth-order valence-electron chi connectivity index (χ4n) is 2.88. The lowest BCUT2D eigenvalue weighted by Gasteiger charge is -2.12. The summed E-state index contributed by atoms with van der Waals surface area (Å²) in [5.41, 5.74) is 2.66. The molecule has 0 saturated carbocycles. The first-order valence-corrected chi connectivity index (χ1v) is 9.79. The third kappa shape index (κ3) is 5.92. The minimum absolute atomic E-state index is 0. The molecule has 0 bridgehead atoms. The van der Waals surface area contributed by atoms with Gasteiger partial charge in [-0.25, -0.2) is 0 Å². The van der Waals surface area contributed by atoms with E-state index in [1.807, 2.05) is 54.6 Å². The molecule has 0 aromatic heterocycles. The van der Waals surface area contributed by atoms with Gasteiger partial charge in [-0.2, -0.15) is 0 Å². The molecule has 140 valence electrons. The van der Waals surface area contributed by atoms with Gasteiger partial charge in [0.15, 0.2) is 0 Å². The zero-order valence-electron chi connectivity index (χ0n) is 14.3. The van der Waals surface area contributed by atoms with Crippen LogP contribution < -0.4 is 10.6 Å². The number of aliphatic hydroxyl groups excluding tert-OH is 1. The number of benzene rings is 2. The summed E-state index contributed by atoms with van der Waals surface area (Å²) in [4.78, 5) is 12.2. The summed E-state index contributed by atoms with van der Waals surface area (Å²) in [6.45, 7) is 0.441. The number of hydrogen-bond donors (Lipinski definition) is 3. The Morgan fingerprint density at radius 2 is 1.81 bits per heavy atom. The predicted octanol–water partition coefficient (Wildman–Crippen LogP) is 2.22. The Kier molecular flexibility index (Phi) is 7.78. The molecule has 0 spiro atoms. The SMILES string of the molecule is Cl.O=C(Nc1cccc(CS(=O)Cc2ccccc2)c1)C1CC(O)CN1. The molecule has 2 aromatic rings. The van der Waals surface area contributed by atoms with Crippen LogP contribution in [0, 0.1) is 0 Å². The van der Waals surface area contributed by atoms with E-state index in [1.54, 1.807) is 0 Å². The zero-order valence-corrected chi connectivity index (χ0v) is 15.9. The van der Waals surface area contributed by atoms with Crippen molar-refractivity contribution < 1.29 is 14.1 Å². The highest BCUT2D eigenvalue weighted by Crippen LogP contribution is 2.16. The molecule has 1 saturated heterocycles. The van der Waals surface area contributed by atoms with Gasteiger partial charge < -0.3 is 15.7 Å². The van der Waals surface area contributed by atoms with Crippen molar-refractivity contribution in [1.29, 1.82) is 0 Å². The molecule has 1 fully saturated rings. The molecule has 3 atom stereocenters. The number of hydrogen-bond acceptors (Lipinski definition) is 4. The Balaban J connectivity index is 0.00000243. The van der Waals surface area contributed by atoms with Crippen molar-refractivity contribution in [3.63, 3.8) is 0 Å². The minimum atomic E-state index is -1.01. The molecule has 7 heteroatoms. The van der Waals surface area contributed by atoms with Crippen molar-refractivity contribution in [3.8, 4) is 0 Å². The van der Waals surface area contributed by atoms with Crippen LogP contribution in [-0.2, 0) is 27.1 Å². The second-order valence-electron chi connectivity index (χ2n) is 6.25. The largest absolute Gasteiger partial charge is 0.392 e. The van der Waals surface area contributed by atoms with Crippen molar-refractivity contribution in [3.05, 3.63) is 65.7 Å². The summed E-state index contributed by atoms with van der Waals surface area (Å²) in [7, 11) is -1.01. The molecule has 26 heavy (non-hydrogen) atoms. The Labute approximate surface area is 162 Å². The molecule has 3 rings (SSSR count). The monoisotopic (exact) mass is 394 g/mol. The van der Waals surface area contributed by atoms with Crippen LogP contribution in [0.5, 0.6) is 0 Å². The first kappa shape index (κ1) is 20.6. The van der Waals surface area contributed by atoms with Gasteiger partial charge in [0.05, 0.1) is 12.1 Å². The highest BCUT2D eigenvalue weighted by Gasteiger charge is 2.27. The lowest BCUT2D eigenvalue weighted by Crippen LogP contribution is -2.35. The lowest BCUT2D eigenvalue weighted by atomic mass is 10.1. The highest BCUT2D eigenvalue weighted by atomic mass is 35.5. The Bertz CT molecular complexity index is 757. The van der Waals surface area contributed by atoms with Gasteiger partial charge in [0.1, 0.15) is 0 Å². The van der Waals surface area contributed by atoms with Crippen molar-refractivity contribution >= 4 is 34.8 Å². The third-order valence-electron chi connectivity index (χ3n) is 4.12. The number of anilines is 1. The molecule has 1 heterocycles. The van der Waals surface area contributed by atoms with Gasteiger partial charge in [-0.15, -0.1) is 12.4 Å². The lowest BCUT2D eigenvalue weighted by molar-refractivity contribution is -0.117. The van der Waals surface area contributed by atoms with Crippen LogP contribution in [0.3, 0.4) is 0 Å². The van der Waals surface area contributed by atoms with Crippen LogP contribution in [0.2, 0.25) is 0 Å². The Morgan fingerprint density at radius 3 is 2.50 bits per heavy atom. The molecule has 0 radical (unpaired) electrons. The van der Waals surface area contributed by atoms with E-state index >= 15 is 0 Å². The maximum Gasteiger partial charge on any atom is 0.241 e. The summed E-state index contributed by atoms with van der Waals surface area (Å²) in [5, 5.41) is 15.3. The highest BCUT2D eigenvalue weighted by molar-refractivity contribution is 7.83. The van der Waals surface area contributed by atoms with E-state index in [0.29, 0.717) is 30.2 Å². The van der Waals surface area contributed by atoms with Gasteiger partial charge in [0, 0.05) is 34.5 Å². The van der Waals surface area contributed by atoms with E-state index in [9.17, 15) is 14.1 Å². The first-order chi connectivity index (χ1) is 12.1. The fraction of sp³-hybridized carbons (Fsp3) is 0.316. The van der Waals surface area contributed by atoms with Gasteiger partial charge in [-0.05, 0) is 29.7 Å². The number of β-amino-alcohol motifs (C(OH)–C–C–N with tert-alkyl or cyclic N) is 1. The van der Waals surface area contributed by atoms with E-state index in [0.717, 1.165) is 11.1 Å². The van der Waals surface area contributed by atoms with E-state index in [2.05, 4.69) is 10.6 Å². The molecule has 0 aliphatic carbocycles. The van der Waals surface area contributed by atoms with Crippen LogP contribution in [0.15, 0.2) is 54.6 Å². The normalized spacial score (nSPS) is 20.2. The smallest absolute Gasteiger partial charge is 0.241 e. The standard InChI is InChI=1S/C19H22N2O3S.ClH/c22-17-10-18(20-11-17)19(23)21-16-8-4-7-15(9-16)13-25(24)12-14-5-2-1-3-6-14;/h1-9,17-18,20,22H,10-13H2,(H,21,23);1H. The fourth-order valence-corrected chi connectivity index (χ4v) is 4.10. The second-order valence-corrected chi connectivity index (χ2v) is 7.71. The summed E-state index contributed by atoms with van der Waals surface area (Å²) in [6, 6.07) is 16.8. The summed E-state index contributed by atoms with van der Waals surface area (Å²) in [6.07, 6.45) is -0.0467. The average Bonchev–Trinajstić information content (AvgIpc) is 3.02. The van der Waals surface area contributed by atoms with Crippen molar-refractivity contribution in [1.82, 2.24) is 5.32 Å². The summed E-state index contributed by atoms with van der Waals surface area (Å²) < 4.78 is 12.3. The molecule has 2 aromatic carbocycles. The molecule has 3 N–H and O–H groups in total. The van der Waals surface area contributed by atoms with E-state index in [1.165, 1.54) is 0 Å². The second kappa shape index (κ2) is 9.83. The number of nitrogens with one attached hydrogen (secondary N) is 2.